The molecule has 2 aromatic heterocycles. The first-order valence-corrected chi connectivity index (χ1v) is 11.5. The third-order valence-electron chi connectivity index (χ3n) is 4.62. The van der Waals surface area contributed by atoms with Crippen molar-refractivity contribution in [3.63, 3.8) is 0 Å². The highest BCUT2D eigenvalue weighted by Gasteiger charge is 2.26. The van der Waals surface area contributed by atoms with Crippen molar-refractivity contribution in [1.29, 1.82) is 0 Å². The van der Waals surface area contributed by atoms with Gasteiger partial charge in [-0.3, -0.25) is 4.98 Å². The van der Waals surface area contributed by atoms with Crippen LogP contribution in [0, 0.1) is 20.8 Å². The Morgan fingerprint density at radius 3 is 2.28 bits per heavy atom. The molecule has 29 heavy (non-hydrogen) atoms. The van der Waals surface area contributed by atoms with Crippen molar-refractivity contribution in [2.24, 2.45) is 0 Å². The number of sulfone groups is 1. The fraction of sp³-hybridized carbons (Fsp3) is 0.130. The summed E-state index contributed by atoms with van der Waals surface area (Å²) >= 11 is 1.20. The topological polar surface area (TPSA) is 59.9 Å². The van der Waals surface area contributed by atoms with E-state index >= 15 is 0 Å². The predicted octanol–water partition coefficient (Wildman–Crippen LogP) is 5.63. The maximum Gasteiger partial charge on any atom is 0.233 e. The molecule has 0 fully saturated rings. The number of aryl methyl sites for hydroxylation is 3. The number of thiazole rings is 1. The van der Waals surface area contributed by atoms with Crippen molar-refractivity contribution in [2.75, 3.05) is 0 Å². The van der Waals surface area contributed by atoms with Gasteiger partial charge in [-0.15, -0.1) is 11.3 Å². The quantitative estimate of drug-likeness (QED) is 0.429. The number of aromatic nitrogens is 2. The molecule has 4 aromatic rings. The average molecular weight is 421 g/mol. The molecule has 0 saturated carbocycles. The van der Waals surface area contributed by atoms with Crippen LogP contribution in [0.15, 0.2) is 76.1 Å². The van der Waals surface area contributed by atoms with E-state index in [2.05, 4.69) is 9.97 Å². The summed E-state index contributed by atoms with van der Waals surface area (Å²) in [5.74, 6) is 0. The Hall–Kier alpha value is -2.83. The minimum atomic E-state index is -3.70. The lowest BCUT2D eigenvalue weighted by atomic mass is 10.1. The Morgan fingerprint density at radius 2 is 1.59 bits per heavy atom. The van der Waals surface area contributed by atoms with Gasteiger partial charge in [0.2, 0.25) is 14.2 Å². The van der Waals surface area contributed by atoms with Gasteiger partial charge in [0.25, 0.3) is 0 Å². The molecule has 0 radical (unpaired) electrons. The average Bonchev–Trinajstić information content (AvgIpc) is 3.15. The molecule has 4 rings (SSSR count). The van der Waals surface area contributed by atoms with Crippen molar-refractivity contribution in [2.45, 2.75) is 30.0 Å². The van der Waals surface area contributed by atoms with E-state index in [0.717, 1.165) is 32.8 Å². The standard InChI is InChI=1S/C23H20N2O2S2/c1-15-7-9-20(10-8-15)29(26,27)23-25-21(18-6-4-5-16(2)13-18)22(28-23)19-11-12-24-17(3)14-19/h4-14H,1-3H3. The molecular weight excluding hydrogens is 400 g/mol. The molecule has 0 N–H and O–H groups in total. The van der Waals surface area contributed by atoms with Crippen LogP contribution < -0.4 is 0 Å². The largest absolute Gasteiger partial charge is 0.262 e. The summed E-state index contributed by atoms with van der Waals surface area (Å²) in [5, 5.41) is 0. The molecule has 0 bridgehead atoms. The fourth-order valence-corrected chi connectivity index (χ4v) is 5.81. The fourth-order valence-electron chi connectivity index (χ4n) is 3.10. The van der Waals surface area contributed by atoms with E-state index in [9.17, 15) is 8.42 Å². The van der Waals surface area contributed by atoms with E-state index in [1.807, 2.05) is 57.2 Å². The highest BCUT2D eigenvalue weighted by Crippen LogP contribution is 2.40. The van der Waals surface area contributed by atoms with Gasteiger partial charge < -0.3 is 0 Å². The minimum Gasteiger partial charge on any atom is -0.262 e. The Kier molecular flexibility index (Phi) is 5.06. The maximum absolute atomic E-state index is 13.2. The van der Waals surface area contributed by atoms with Gasteiger partial charge >= 0.3 is 0 Å². The number of nitrogens with zero attached hydrogens (tertiary/aromatic N) is 2. The van der Waals surface area contributed by atoms with Crippen LogP contribution in [-0.4, -0.2) is 18.4 Å². The third-order valence-corrected chi connectivity index (χ3v) is 7.87. The molecule has 6 heteroatoms. The van der Waals surface area contributed by atoms with Crippen LogP contribution in [0.1, 0.15) is 16.8 Å². The van der Waals surface area contributed by atoms with Gasteiger partial charge in [-0.2, -0.15) is 0 Å². The summed E-state index contributed by atoms with van der Waals surface area (Å²) in [7, 11) is -3.70. The summed E-state index contributed by atoms with van der Waals surface area (Å²) in [6, 6.07) is 18.7. The highest BCUT2D eigenvalue weighted by atomic mass is 32.2. The molecule has 4 nitrogen and oxygen atoms in total. The first-order valence-electron chi connectivity index (χ1n) is 9.17. The predicted molar refractivity (Wildman–Crippen MR) is 117 cm³/mol. The van der Waals surface area contributed by atoms with Gasteiger partial charge in [0.1, 0.15) is 0 Å². The van der Waals surface area contributed by atoms with Crippen LogP contribution in [0.3, 0.4) is 0 Å². The Morgan fingerprint density at radius 1 is 0.828 bits per heavy atom. The monoisotopic (exact) mass is 420 g/mol. The van der Waals surface area contributed by atoms with E-state index < -0.39 is 9.84 Å². The SMILES string of the molecule is Cc1ccc(S(=O)(=O)c2nc(-c3cccc(C)c3)c(-c3ccnc(C)c3)s2)cc1. The lowest BCUT2D eigenvalue weighted by molar-refractivity contribution is 0.595. The lowest BCUT2D eigenvalue weighted by Gasteiger charge is -2.04. The van der Waals surface area contributed by atoms with E-state index in [-0.39, 0.29) is 9.24 Å². The summed E-state index contributed by atoms with van der Waals surface area (Å²) in [4.78, 5) is 9.95. The molecule has 0 amide bonds. The lowest BCUT2D eigenvalue weighted by Crippen LogP contribution is -2.01. The molecule has 0 aliphatic carbocycles. The molecule has 0 atom stereocenters. The van der Waals surface area contributed by atoms with Crippen molar-refractivity contribution in [3.8, 4) is 21.7 Å². The van der Waals surface area contributed by atoms with Crippen LogP contribution in [0.5, 0.6) is 0 Å². The van der Waals surface area contributed by atoms with E-state index in [1.165, 1.54) is 11.3 Å². The molecule has 0 aliphatic rings. The number of pyridine rings is 1. The first-order chi connectivity index (χ1) is 13.8. The second-order valence-electron chi connectivity index (χ2n) is 7.03. The van der Waals surface area contributed by atoms with Gasteiger partial charge in [-0.25, -0.2) is 13.4 Å². The molecular formula is C23H20N2O2S2. The molecule has 2 aromatic carbocycles. The second kappa shape index (κ2) is 7.54. The Bertz CT molecular complexity index is 1230. The molecule has 0 unspecified atom stereocenters. The summed E-state index contributed by atoms with van der Waals surface area (Å²) < 4.78 is 26.6. The third kappa shape index (κ3) is 3.86. The van der Waals surface area contributed by atoms with Crippen LogP contribution in [0.4, 0.5) is 0 Å². The van der Waals surface area contributed by atoms with Crippen LogP contribution in [0.2, 0.25) is 0 Å². The number of benzene rings is 2. The zero-order chi connectivity index (χ0) is 20.6. The molecule has 0 saturated heterocycles. The van der Waals surface area contributed by atoms with Crippen molar-refractivity contribution >= 4 is 21.2 Å². The van der Waals surface area contributed by atoms with E-state index in [0.29, 0.717) is 5.69 Å². The van der Waals surface area contributed by atoms with Crippen molar-refractivity contribution in [3.05, 3.63) is 83.7 Å². The minimum absolute atomic E-state index is 0.0994. The maximum atomic E-state index is 13.2. The first kappa shape index (κ1) is 19.5. The molecule has 2 heterocycles. The van der Waals surface area contributed by atoms with Gasteiger partial charge in [-0.05, 0) is 56.7 Å². The van der Waals surface area contributed by atoms with Gasteiger partial charge in [-0.1, -0.05) is 41.5 Å². The van der Waals surface area contributed by atoms with Crippen molar-refractivity contribution in [1.82, 2.24) is 9.97 Å². The number of hydrogen-bond donors (Lipinski definition) is 0. The van der Waals surface area contributed by atoms with Gasteiger partial charge in [0.15, 0.2) is 0 Å². The number of hydrogen-bond acceptors (Lipinski definition) is 5. The van der Waals surface area contributed by atoms with Crippen LogP contribution in [-0.2, 0) is 9.84 Å². The molecule has 146 valence electrons. The van der Waals surface area contributed by atoms with E-state index in [1.54, 1.807) is 30.5 Å². The van der Waals surface area contributed by atoms with Crippen LogP contribution in [0.25, 0.3) is 21.7 Å². The zero-order valence-electron chi connectivity index (χ0n) is 16.4. The zero-order valence-corrected chi connectivity index (χ0v) is 18.0. The molecule has 0 spiro atoms. The summed E-state index contributed by atoms with van der Waals surface area (Å²) in [6.45, 7) is 5.86. The second-order valence-corrected chi connectivity index (χ2v) is 10.2. The number of rotatable bonds is 4. The molecule has 0 aliphatic heterocycles. The Balaban J connectivity index is 1.93. The van der Waals surface area contributed by atoms with Crippen LogP contribution >= 0.6 is 11.3 Å². The summed E-state index contributed by atoms with van der Waals surface area (Å²) in [5.41, 5.74) is 5.46. The van der Waals surface area contributed by atoms with E-state index in [4.69, 9.17) is 0 Å². The smallest absolute Gasteiger partial charge is 0.233 e. The highest BCUT2D eigenvalue weighted by molar-refractivity contribution is 7.93. The van der Waals surface area contributed by atoms with Gasteiger partial charge in [0.05, 0.1) is 15.5 Å². The normalized spacial score (nSPS) is 11.6. The summed E-state index contributed by atoms with van der Waals surface area (Å²) in [6.07, 6.45) is 1.73. The van der Waals surface area contributed by atoms with Crippen molar-refractivity contribution < 1.29 is 8.42 Å². The Labute approximate surface area is 174 Å². The van der Waals surface area contributed by atoms with Gasteiger partial charge in [0, 0.05) is 17.5 Å².